The number of carbonyl (C=O) groups excluding carboxylic acids is 1. The van der Waals surface area contributed by atoms with Gasteiger partial charge in [-0.15, -0.1) is 6.42 Å². The molecule has 0 radical (unpaired) electrons. The van der Waals surface area contributed by atoms with Gasteiger partial charge < -0.3 is 8.98 Å². The van der Waals surface area contributed by atoms with Gasteiger partial charge in [0.15, 0.2) is 10.6 Å². The molecule has 7 nitrogen and oxygen atoms in total. The molecule has 0 saturated heterocycles. The molecule has 23 heavy (non-hydrogen) atoms. The number of carbonyl (C=O) groups is 1. The average molecular weight is 327 g/mol. The van der Waals surface area contributed by atoms with E-state index >= 15 is 0 Å². The Morgan fingerprint density at radius 2 is 2.30 bits per heavy atom. The molecule has 0 unspecified atom stereocenters. The Hall–Kier alpha value is -3.18. The molecule has 0 aliphatic rings. The fraction of sp³-hybridized carbons (Fsp3) is 0.0667. The van der Waals surface area contributed by atoms with Gasteiger partial charge in [0.25, 0.3) is 5.69 Å². The van der Waals surface area contributed by atoms with Crippen molar-refractivity contribution in [3.8, 4) is 12.3 Å². The van der Waals surface area contributed by atoms with Gasteiger partial charge in [0.2, 0.25) is 0 Å². The number of aromatic nitrogens is 1. The first-order valence-corrected chi connectivity index (χ1v) is 7.25. The molecule has 0 spiro atoms. The lowest BCUT2D eigenvalue weighted by Crippen LogP contribution is -2.16. The molecule has 8 heteroatoms. The number of thiazole rings is 1. The van der Waals surface area contributed by atoms with Crippen molar-refractivity contribution in [2.24, 2.45) is 4.99 Å². The minimum absolute atomic E-state index is 0.0509. The molecule has 0 aliphatic heterocycles. The lowest BCUT2D eigenvalue weighted by Gasteiger charge is -1.99. The Bertz CT molecular complexity index is 1010. The average Bonchev–Trinajstić information content (AvgIpc) is 3.16. The molecule has 0 bridgehead atoms. The maximum Gasteiger partial charge on any atom is 0.315 e. The van der Waals surface area contributed by atoms with Crippen LogP contribution in [-0.4, -0.2) is 15.4 Å². The molecule has 0 N–H and O–H groups in total. The third kappa shape index (κ3) is 2.77. The monoisotopic (exact) mass is 327 g/mol. The molecule has 0 atom stereocenters. The van der Waals surface area contributed by atoms with Crippen LogP contribution in [0.25, 0.3) is 10.2 Å². The summed E-state index contributed by atoms with van der Waals surface area (Å²) >= 11 is 1.23. The summed E-state index contributed by atoms with van der Waals surface area (Å²) in [5.41, 5.74) is 0.512. The lowest BCUT2D eigenvalue weighted by atomic mass is 10.3. The minimum atomic E-state index is -0.540. The van der Waals surface area contributed by atoms with E-state index in [1.165, 1.54) is 35.8 Å². The molecule has 0 aliphatic carbocycles. The lowest BCUT2D eigenvalue weighted by molar-refractivity contribution is -0.384. The molecule has 2 aromatic heterocycles. The van der Waals surface area contributed by atoms with E-state index in [1.54, 1.807) is 16.7 Å². The summed E-state index contributed by atoms with van der Waals surface area (Å²) in [5.74, 6) is 2.04. The van der Waals surface area contributed by atoms with Gasteiger partial charge in [0.1, 0.15) is 0 Å². The summed E-state index contributed by atoms with van der Waals surface area (Å²) in [6.07, 6.45) is 6.74. The van der Waals surface area contributed by atoms with Crippen molar-refractivity contribution in [3.63, 3.8) is 0 Å². The minimum Gasteiger partial charge on any atom is -0.459 e. The third-order valence-electron chi connectivity index (χ3n) is 3.05. The number of hydrogen-bond acceptors (Lipinski definition) is 5. The number of benzene rings is 1. The van der Waals surface area contributed by atoms with Crippen molar-refractivity contribution in [2.75, 3.05) is 0 Å². The van der Waals surface area contributed by atoms with Crippen LogP contribution in [0.3, 0.4) is 0 Å². The van der Waals surface area contributed by atoms with Gasteiger partial charge in [-0.1, -0.05) is 17.3 Å². The summed E-state index contributed by atoms with van der Waals surface area (Å²) < 4.78 is 7.35. The summed E-state index contributed by atoms with van der Waals surface area (Å²) in [4.78, 5) is 26.9. The number of rotatable bonds is 3. The Balaban J connectivity index is 2.20. The predicted octanol–water partition coefficient (Wildman–Crippen LogP) is 2.58. The Labute approximate surface area is 133 Å². The second-order valence-electron chi connectivity index (χ2n) is 4.48. The Morgan fingerprint density at radius 1 is 1.48 bits per heavy atom. The zero-order valence-electron chi connectivity index (χ0n) is 11.6. The van der Waals surface area contributed by atoms with Crippen molar-refractivity contribution in [1.82, 2.24) is 4.57 Å². The summed E-state index contributed by atoms with van der Waals surface area (Å²) in [6, 6.07) is 7.53. The van der Waals surface area contributed by atoms with Crippen LogP contribution in [0.2, 0.25) is 0 Å². The van der Waals surface area contributed by atoms with E-state index < -0.39 is 10.8 Å². The first-order chi connectivity index (χ1) is 11.1. The van der Waals surface area contributed by atoms with E-state index in [-0.39, 0.29) is 18.0 Å². The summed E-state index contributed by atoms with van der Waals surface area (Å²) in [6.45, 7) is 0.144. The highest BCUT2D eigenvalue weighted by Gasteiger charge is 2.13. The molecule has 3 rings (SSSR count). The summed E-state index contributed by atoms with van der Waals surface area (Å²) in [5, 5.41) is 10.9. The first-order valence-electron chi connectivity index (χ1n) is 6.44. The van der Waals surface area contributed by atoms with Gasteiger partial charge in [-0.05, 0) is 18.2 Å². The molecular formula is C15H9N3O4S. The fourth-order valence-electron chi connectivity index (χ4n) is 2.04. The SMILES string of the molecule is C#CCn1c(=NC(=O)c2ccco2)sc2ccc([N+](=O)[O-])cc21. The van der Waals surface area contributed by atoms with Crippen molar-refractivity contribution < 1.29 is 14.1 Å². The van der Waals surface area contributed by atoms with E-state index in [1.807, 2.05) is 0 Å². The number of furan rings is 1. The number of hydrogen-bond donors (Lipinski definition) is 0. The van der Waals surface area contributed by atoms with E-state index in [0.717, 1.165) is 4.70 Å². The molecule has 2 heterocycles. The van der Waals surface area contributed by atoms with Crippen LogP contribution in [-0.2, 0) is 6.54 Å². The quantitative estimate of drug-likeness (QED) is 0.420. The van der Waals surface area contributed by atoms with Crippen LogP contribution < -0.4 is 4.80 Å². The number of nitro groups is 1. The molecule has 0 fully saturated rings. The third-order valence-corrected chi connectivity index (χ3v) is 4.11. The van der Waals surface area contributed by atoms with Crippen LogP contribution in [0.1, 0.15) is 10.6 Å². The fourth-order valence-corrected chi connectivity index (χ4v) is 3.05. The van der Waals surface area contributed by atoms with Crippen LogP contribution in [0, 0.1) is 22.5 Å². The first kappa shape index (κ1) is 14.7. The number of fused-ring (bicyclic) bond motifs is 1. The zero-order chi connectivity index (χ0) is 16.4. The molecule has 3 aromatic rings. The van der Waals surface area contributed by atoms with Crippen LogP contribution in [0.15, 0.2) is 46.0 Å². The number of amides is 1. The van der Waals surface area contributed by atoms with Gasteiger partial charge >= 0.3 is 5.91 Å². The highest BCUT2D eigenvalue weighted by atomic mass is 32.1. The van der Waals surface area contributed by atoms with Gasteiger partial charge in [-0.25, -0.2) is 0 Å². The van der Waals surface area contributed by atoms with Crippen LogP contribution >= 0.6 is 11.3 Å². The molecular weight excluding hydrogens is 318 g/mol. The second-order valence-corrected chi connectivity index (χ2v) is 5.49. The maximum atomic E-state index is 12.1. The number of terminal acetylenes is 1. The molecule has 114 valence electrons. The molecule has 1 aromatic carbocycles. The molecule has 0 saturated carbocycles. The maximum absolute atomic E-state index is 12.1. The highest BCUT2D eigenvalue weighted by Crippen LogP contribution is 2.23. The number of nitrogens with zero attached hydrogens (tertiary/aromatic N) is 3. The predicted molar refractivity (Wildman–Crippen MR) is 83.9 cm³/mol. The standard InChI is InChI=1S/C15H9N3O4S/c1-2-7-17-11-9-10(18(20)21)5-6-13(11)23-15(17)16-14(19)12-4-3-8-22-12/h1,3-6,8-9H,7H2. The zero-order valence-corrected chi connectivity index (χ0v) is 12.4. The van der Waals surface area contributed by atoms with Gasteiger partial charge in [-0.2, -0.15) is 4.99 Å². The van der Waals surface area contributed by atoms with Gasteiger partial charge in [0.05, 0.1) is 27.9 Å². The van der Waals surface area contributed by atoms with Crippen LogP contribution in [0.4, 0.5) is 5.69 Å². The summed E-state index contributed by atoms with van der Waals surface area (Å²) in [7, 11) is 0. The van der Waals surface area contributed by atoms with Crippen molar-refractivity contribution in [2.45, 2.75) is 6.54 Å². The second kappa shape index (κ2) is 5.90. The molecule has 1 amide bonds. The van der Waals surface area contributed by atoms with Crippen molar-refractivity contribution in [3.05, 3.63) is 57.3 Å². The normalized spacial score (nSPS) is 11.5. The van der Waals surface area contributed by atoms with Crippen LogP contribution in [0.5, 0.6) is 0 Å². The largest absolute Gasteiger partial charge is 0.459 e. The number of non-ortho nitro benzene ring substituents is 1. The Kier molecular flexibility index (Phi) is 3.78. The van der Waals surface area contributed by atoms with Crippen molar-refractivity contribution >= 4 is 33.1 Å². The van der Waals surface area contributed by atoms with E-state index in [0.29, 0.717) is 10.3 Å². The van der Waals surface area contributed by atoms with Crippen molar-refractivity contribution in [1.29, 1.82) is 0 Å². The highest BCUT2D eigenvalue weighted by molar-refractivity contribution is 7.16. The Morgan fingerprint density at radius 3 is 2.96 bits per heavy atom. The van der Waals surface area contributed by atoms with E-state index in [9.17, 15) is 14.9 Å². The topological polar surface area (TPSA) is 90.6 Å². The number of nitro benzene ring substituents is 1. The van der Waals surface area contributed by atoms with E-state index in [2.05, 4.69) is 10.9 Å². The smallest absolute Gasteiger partial charge is 0.315 e. The van der Waals surface area contributed by atoms with E-state index in [4.69, 9.17) is 10.8 Å². The van der Waals surface area contributed by atoms with Gasteiger partial charge in [-0.3, -0.25) is 14.9 Å². The van der Waals surface area contributed by atoms with Gasteiger partial charge in [0, 0.05) is 12.1 Å².